The number of anilines is 1. The van der Waals surface area contributed by atoms with Crippen LogP contribution in [0.4, 0.5) is 5.69 Å². The summed E-state index contributed by atoms with van der Waals surface area (Å²) in [5.41, 5.74) is 1.24. The van der Waals surface area contributed by atoms with Gasteiger partial charge in [-0.05, 0) is 43.3 Å². The maximum Gasteiger partial charge on any atom is 0.373 e. The molecular weight excluding hydrogens is 366 g/mol. The lowest BCUT2D eigenvalue weighted by molar-refractivity contribution is -0.142. The van der Waals surface area contributed by atoms with Crippen LogP contribution in [-0.2, 0) is 25.7 Å². The molecule has 2 aromatic rings. The number of esters is 1. The first kappa shape index (κ1) is 19.2. The Morgan fingerprint density at radius 1 is 1.21 bits per heavy atom. The van der Waals surface area contributed by atoms with E-state index in [0.29, 0.717) is 22.8 Å². The number of furan rings is 1. The summed E-state index contributed by atoms with van der Waals surface area (Å²) in [6.07, 6.45) is -0.752. The van der Waals surface area contributed by atoms with Crippen molar-refractivity contribution in [2.24, 2.45) is 5.16 Å². The quantitative estimate of drug-likeness (QED) is 0.790. The van der Waals surface area contributed by atoms with E-state index in [9.17, 15) is 14.4 Å². The molecule has 146 valence electrons. The third-order valence-corrected chi connectivity index (χ3v) is 3.99. The van der Waals surface area contributed by atoms with E-state index in [-0.39, 0.29) is 24.1 Å². The van der Waals surface area contributed by atoms with Crippen molar-refractivity contribution in [2.45, 2.75) is 26.5 Å². The molecule has 1 aliphatic heterocycles. The zero-order valence-electron chi connectivity index (χ0n) is 15.6. The Hall–Kier alpha value is -3.62. The van der Waals surface area contributed by atoms with E-state index in [1.165, 1.54) is 25.0 Å². The highest BCUT2D eigenvalue weighted by Gasteiger charge is 2.32. The van der Waals surface area contributed by atoms with E-state index in [1.54, 1.807) is 37.3 Å². The van der Waals surface area contributed by atoms with Crippen molar-refractivity contribution >= 4 is 29.3 Å². The van der Waals surface area contributed by atoms with Gasteiger partial charge in [0, 0.05) is 18.2 Å². The average molecular weight is 385 g/mol. The van der Waals surface area contributed by atoms with Gasteiger partial charge in [-0.1, -0.05) is 5.16 Å². The Balaban J connectivity index is 1.86. The lowest BCUT2D eigenvalue weighted by Crippen LogP contribution is -2.46. The molecule has 0 fully saturated rings. The molecule has 0 radical (unpaired) electrons. The molecule has 3 rings (SSSR count). The van der Waals surface area contributed by atoms with Gasteiger partial charge in [0.25, 0.3) is 5.91 Å². The number of amides is 2. The van der Waals surface area contributed by atoms with E-state index < -0.39 is 12.1 Å². The Bertz CT molecular complexity index is 931. The van der Waals surface area contributed by atoms with Crippen LogP contribution in [0.1, 0.15) is 35.7 Å². The molecule has 2 heterocycles. The number of amidine groups is 1. The van der Waals surface area contributed by atoms with E-state index in [1.807, 2.05) is 0 Å². The summed E-state index contributed by atoms with van der Waals surface area (Å²) in [7, 11) is 1.26. The van der Waals surface area contributed by atoms with Gasteiger partial charge in [-0.2, -0.15) is 0 Å². The molecule has 2 amide bonds. The van der Waals surface area contributed by atoms with Crippen molar-refractivity contribution in [2.75, 3.05) is 12.4 Å². The van der Waals surface area contributed by atoms with Crippen LogP contribution in [0.5, 0.6) is 0 Å². The number of ether oxygens (including phenoxy) is 1. The summed E-state index contributed by atoms with van der Waals surface area (Å²) in [6.45, 7) is 3.08. The van der Waals surface area contributed by atoms with Crippen LogP contribution in [0.2, 0.25) is 0 Å². The summed E-state index contributed by atoms with van der Waals surface area (Å²) in [5, 5.41) is 6.73. The van der Waals surface area contributed by atoms with Gasteiger partial charge in [-0.25, -0.2) is 4.79 Å². The predicted octanol–water partition coefficient (Wildman–Crippen LogP) is 2.13. The normalized spacial score (nSPS) is 16.2. The standard InChI is InChI=1S/C19H19N3O6/c1-11-18(24)22(10-15-8-9-16(27-15)19(25)26-3)17(21-28-11)13-4-6-14(7-5-13)20-12(2)23/h4-9,11H,10H2,1-3H3,(H,20,23). The van der Waals surface area contributed by atoms with Crippen molar-refractivity contribution < 1.29 is 28.4 Å². The SMILES string of the molecule is COC(=O)c1ccc(CN2C(=O)C(C)ON=C2c2ccc(NC(C)=O)cc2)o1. The first-order valence-corrected chi connectivity index (χ1v) is 8.49. The molecule has 1 unspecified atom stereocenters. The molecule has 1 N–H and O–H groups in total. The highest BCUT2D eigenvalue weighted by Crippen LogP contribution is 2.21. The fourth-order valence-electron chi connectivity index (χ4n) is 2.64. The minimum Gasteiger partial charge on any atom is -0.463 e. The van der Waals surface area contributed by atoms with Gasteiger partial charge in [0.2, 0.25) is 17.8 Å². The molecule has 0 saturated carbocycles. The number of rotatable bonds is 5. The molecule has 9 heteroatoms. The number of methoxy groups -OCH3 is 1. The summed E-state index contributed by atoms with van der Waals surface area (Å²) < 4.78 is 10.1. The number of nitrogens with one attached hydrogen (secondary N) is 1. The summed E-state index contributed by atoms with van der Waals surface area (Å²) >= 11 is 0. The minimum atomic E-state index is -0.752. The van der Waals surface area contributed by atoms with Gasteiger partial charge in [0.15, 0.2) is 5.84 Å². The Labute approximate surface area is 160 Å². The number of benzene rings is 1. The van der Waals surface area contributed by atoms with Gasteiger partial charge >= 0.3 is 5.97 Å². The van der Waals surface area contributed by atoms with Crippen molar-refractivity contribution in [3.63, 3.8) is 0 Å². The van der Waals surface area contributed by atoms with Crippen LogP contribution in [0, 0.1) is 0 Å². The fourth-order valence-corrected chi connectivity index (χ4v) is 2.64. The van der Waals surface area contributed by atoms with Crippen LogP contribution in [0.15, 0.2) is 46.0 Å². The Morgan fingerprint density at radius 3 is 2.57 bits per heavy atom. The monoisotopic (exact) mass is 385 g/mol. The van der Waals surface area contributed by atoms with E-state index in [4.69, 9.17) is 9.25 Å². The number of carbonyl (C=O) groups is 3. The average Bonchev–Trinajstić information content (AvgIpc) is 3.14. The van der Waals surface area contributed by atoms with Crippen LogP contribution >= 0.6 is 0 Å². The van der Waals surface area contributed by atoms with Gasteiger partial charge in [0.05, 0.1) is 13.7 Å². The number of carbonyl (C=O) groups excluding carboxylic acids is 3. The van der Waals surface area contributed by atoms with E-state index in [0.717, 1.165) is 0 Å². The van der Waals surface area contributed by atoms with Gasteiger partial charge in [-0.15, -0.1) is 0 Å². The molecule has 1 atom stereocenters. The third-order valence-electron chi connectivity index (χ3n) is 3.99. The Kier molecular flexibility index (Phi) is 5.44. The van der Waals surface area contributed by atoms with E-state index >= 15 is 0 Å². The highest BCUT2D eigenvalue weighted by atomic mass is 16.6. The molecule has 1 aliphatic rings. The largest absolute Gasteiger partial charge is 0.463 e. The maximum absolute atomic E-state index is 12.7. The van der Waals surface area contributed by atoms with Crippen LogP contribution < -0.4 is 5.32 Å². The van der Waals surface area contributed by atoms with Gasteiger partial charge < -0.3 is 19.3 Å². The van der Waals surface area contributed by atoms with Crippen molar-refractivity contribution in [3.05, 3.63) is 53.5 Å². The lowest BCUT2D eigenvalue weighted by atomic mass is 10.1. The second kappa shape index (κ2) is 7.95. The summed E-state index contributed by atoms with van der Waals surface area (Å²) in [6, 6.07) is 9.90. The first-order chi connectivity index (χ1) is 13.4. The molecular formula is C19H19N3O6. The number of hydrogen-bond donors (Lipinski definition) is 1. The predicted molar refractivity (Wildman–Crippen MR) is 98.4 cm³/mol. The lowest BCUT2D eigenvalue weighted by Gasteiger charge is -2.29. The summed E-state index contributed by atoms with van der Waals surface area (Å²) in [5.74, 6) is -0.346. The van der Waals surface area contributed by atoms with Crippen LogP contribution in [0.25, 0.3) is 0 Å². The number of hydrogen-bond acceptors (Lipinski definition) is 7. The first-order valence-electron chi connectivity index (χ1n) is 8.49. The topological polar surface area (TPSA) is 110 Å². The molecule has 0 bridgehead atoms. The second-order valence-electron chi connectivity index (χ2n) is 6.10. The fraction of sp³-hybridized carbons (Fsp3) is 0.263. The smallest absolute Gasteiger partial charge is 0.373 e. The van der Waals surface area contributed by atoms with Gasteiger partial charge in [0.1, 0.15) is 5.76 Å². The van der Waals surface area contributed by atoms with Crippen molar-refractivity contribution in [1.82, 2.24) is 4.90 Å². The molecule has 1 aromatic heterocycles. The summed E-state index contributed by atoms with van der Waals surface area (Å²) in [4.78, 5) is 42.0. The molecule has 1 aromatic carbocycles. The Morgan fingerprint density at radius 2 is 1.93 bits per heavy atom. The van der Waals surface area contributed by atoms with Crippen molar-refractivity contribution in [1.29, 1.82) is 0 Å². The minimum absolute atomic E-state index is 0.0457. The molecule has 0 saturated heterocycles. The number of oxime groups is 1. The molecule has 0 aliphatic carbocycles. The van der Waals surface area contributed by atoms with Crippen molar-refractivity contribution in [3.8, 4) is 0 Å². The maximum atomic E-state index is 12.7. The van der Waals surface area contributed by atoms with Gasteiger partial charge in [-0.3, -0.25) is 14.5 Å². The van der Waals surface area contributed by atoms with E-state index in [2.05, 4.69) is 15.2 Å². The van der Waals surface area contributed by atoms with Crippen LogP contribution in [0.3, 0.4) is 0 Å². The number of nitrogens with zero attached hydrogens (tertiary/aromatic N) is 2. The molecule has 28 heavy (non-hydrogen) atoms. The molecule has 0 spiro atoms. The third kappa shape index (κ3) is 4.03. The second-order valence-corrected chi connectivity index (χ2v) is 6.10. The van der Waals surface area contributed by atoms with Crippen LogP contribution in [-0.4, -0.2) is 41.7 Å². The molecule has 9 nitrogen and oxygen atoms in total. The highest BCUT2D eigenvalue weighted by molar-refractivity contribution is 6.09. The zero-order chi connectivity index (χ0) is 20.3. The zero-order valence-corrected chi connectivity index (χ0v) is 15.6.